The predicted molar refractivity (Wildman–Crippen MR) is 164 cm³/mol. The molecule has 70 heavy (non-hydrogen) atoms. The highest BCUT2D eigenvalue weighted by molar-refractivity contribution is 5.55. The smallest absolute Gasteiger partial charge is 0.255 e. The number of aromatic nitrogens is 2. The van der Waals surface area contributed by atoms with E-state index in [4.69, 9.17) is 0 Å². The van der Waals surface area contributed by atoms with Crippen molar-refractivity contribution in [2.24, 2.45) is 0 Å². The van der Waals surface area contributed by atoms with Crippen LogP contribution < -0.4 is 0 Å². The van der Waals surface area contributed by atoms with Crippen molar-refractivity contribution in [3.8, 4) is 11.4 Å². The van der Waals surface area contributed by atoms with Crippen LogP contribution in [0.15, 0.2) is 36.7 Å². The van der Waals surface area contributed by atoms with Gasteiger partial charge in [0, 0.05) is 25.2 Å². The third-order valence-corrected chi connectivity index (χ3v) is 9.90. The van der Waals surface area contributed by atoms with Gasteiger partial charge in [-0.1, -0.05) is 0 Å². The molecule has 0 saturated carbocycles. The van der Waals surface area contributed by atoms with Crippen LogP contribution >= 0.6 is 0 Å². The summed E-state index contributed by atoms with van der Waals surface area (Å²) in [5.41, 5.74) is -0.872. The quantitative estimate of drug-likeness (QED) is 0.0819. The van der Waals surface area contributed by atoms with Crippen molar-refractivity contribution in [1.29, 1.82) is 0 Å². The lowest BCUT2D eigenvalue weighted by atomic mass is 9.87. The van der Waals surface area contributed by atoms with E-state index >= 15 is 0 Å². The molecule has 2 nitrogen and oxygen atoms in total. The van der Waals surface area contributed by atoms with Crippen LogP contribution in [-0.2, 0) is 12.8 Å². The second kappa shape index (κ2) is 18.4. The summed E-state index contributed by atoms with van der Waals surface area (Å²) in [7, 11) is 0. The maximum atomic E-state index is 14.3. The van der Waals surface area contributed by atoms with Gasteiger partial charge >= 0.3 is 95.3 Å². The van der Waals surface area contributed by atoms with Crippen molar-refractivity contribution in [1.82, 2.24) is 9.97 Å². The van der Waals surface area contributed by atoms with Crippen LogP contribution in [0.5, 0.6) is 0 Å². The average Bonchev–Trinajstić information content (AvgIpc) is 3.19. The van der Waals surface area contributed by atoms with Crippen molar-refractivity contribution in [2.45, 2.75) is 147 Å². The third kappa shape index (κ3) is 9.65. The van der Waals surface area contributed by atoms with Crippen LogP contribution in [0.25, 0.3) is 11.4 Å². The van der Waals surface area contributed by atoms with Gasteiger partial charge in [-0.05, 0) is 73.9 Å². The molecule has 0 fully saturated rings. The van der Waals surface area contributed by atoms with Crippen molar-refractivity contribution in [2.75, 3.05) is 0 Å². The maximum absolute atomic E-state index is 14.3. The summed E-state index contributed by atoms with van der Waals surface area (Å²) in [6.07, 6.45) is -25.7. The third-order valence-electron chi connectivity index (χ3n) is 9.90. The minimum absolute atomic E-state index is 0.127. The van der Waals surface area contributed by atoms with Crippen molar-refractivity contribution < 1.29 is 149 Å². The lowest BCUT2D eigenvalue weighted by molar-refractivity contribution is -0.461. The fraction of sp³-hybridized carbons (Fsp3) is 0.706. The molecule has 0 aromatic carbocycles. The summed E-state index contributed by atoms with van der Waals surface area (Å²) in [6, 6.07) is 3.84. The number of aryl methyl sites for hydroxylation is 2. The first-order valence-corrected chi connectivity index (χ1v) is 18.0. The number of alkyl halides is 34. The summed E-state index contributed by atoms with van der Waals surface area (Å²) in [4.78, 5) is 7.50. The summed E-state index contributed by atoms with van der Waals surface area (Å²) in [5, 5.41) is 0. The second-order valence-electron chi connectivity index (χ2n) is 14.8. The SMILES string of the molecule is FC(F)(F)C(F)(F)C(F)(F)C(F)(F)C(F)(F)C(F)(F)C(F)(F)C(F)(F)CCCCc1ccnc(-c2cc(CCCCC(F)(F)C(F)(F)C(F)(F)C(F)(F)C(F)(F)C(F)(F)C(F)(F)C(F)(F)F)ccn2)c1. The van der Waals surface area contributed by atoms with E-state index in [-0.39, 0.29) is 22.5 Å². The first kappa shape index (κ1) is 62.0. The van der Waals surface area contributed by atoms with Gasteiger partial charge in [0.15, 0.2) is 0 Å². The van der Waals surface area contributed by atoms with Gasteiger partial charge in [-0.15, -0.1) is 0 Å². The van der Waals surface area contributed by atoms with Gasteiger partial charge in [0.25, 0.3) is 0 Å². The number of hydrogen-bond acceptors (Lipinski definition) is 2. The summed E-state index contributed by atoms with van der Waals surface area (Å²) >= 11 is 0. The molecule has 0 bridgehead atoms. The zero-order valence-electron chi connectivity index (χ0n) is 32.9. The van der Waals surface area contributed by atoms with Crippen molar-refractivity contribution >= 4 is 0 Å². The highest BCUT2D eigenvalue weighted by Crippen LogP contribution is 2.66. The first-order chi connectivity index (χ1) is 30.6. The lowest BCUT2D eigenvalue weighted by Crippen LogP contribution is -2.74. The average molecular weight is 1100 g/mol. The molecule has 2 aromatic rings. The van der Waals surface area contributed by atoms with Crippen LogP contribution in [0.3, 0.4) is 0 Å². The van der Waals surface area contributed by atoms with E-state index < -0.39 is 147 Å². The molecule has 2 heterocycles. The molecule has 0 aliphatic heterocycles. The number of pyridine rings is 2. The Morgan fingerprint density at radius 1 is 0.271 bits per heavy atom. The molecule has 2 rings (SSSR count). The van der Waals surface area contributed by atoms with Gasteiger partial charge in [-0.2, -0.15) is 149 Å². The Balaban J connectivity index is 2.19. The van der Waals surface area contributed by atoms with Crippen LogP contribution in [-0.4, -0.2) is 105 Å². The molecule has 0 aliphatic carbocycles. The fourth-order valence-corrected chi connectivity index (χ4v) is 5.60. The number of hydrogen-bond donors (Lipinski definition) is 0. The van der Waals surface area contributed by atoms with Crippen molar-refractivity contribution in [3.63, 3.8) is 0 Å². The van der Waals surface area contributed by atoms with Gasteiger partial charge in [0.2, 0.25) is 0 Å². The van der Waals surface area contributed by atoms with E-state index in [1.807, 2.05) is 0 Å². The molecule has 0 radical (unpaired) electrons. The Bertz CT molecular complexity index is 1950. The van der Waals surface area contributed by atoms with Gasteiger partial charge in [-0.25, -0.2) is 0 Å². The number of nitrogens with zero attached hydrogens (tertiary/aromatic N) is 2. The maximum Gasteiger partial charge on any atom is 0.460 e. The molecule has 0 aliphatic rings. The van der Waals surface area contributed by atoms with Crippen LogP contribution in [0, 0.1) is 0 Å². The predicted octanol–water partition coefficient (Wildman–Crippen LogP) is 15.6. The van der Waals surface area contributed by atoms with E-state index in [1.54, 1.807) is 0 Å². The number of halogens is 34. The van der Waals surface area contributed by atoms with E-state index in [0.717, 1.165) is 36.7 Å². The Hall–Kier alpha value is -4.08. The minimum Gasteiger partial charge on any atom is -0.255 e. The van der Waals surface area contributed by atoms with Crippen LogP contribution in [0.4, 0.5) is 149 Å². The van der Waals surface area contributed by atoms with Crippen molar-refractivity contribution in [3.05, 3.63) is 47.8 Å². The molecule has 0 N–H and O–H groups in total. The monoisotopic (exact) mass is 1100 g/mol. The Morgan fingerprint density at radius 3 is 0.714 bits per heavy atom. The minimum atomic E-state index is -8.81. The number of unbranched alkanes of at least 4 members (excludes halogenated alkanes) is 2. The Labute approximate surface area is 365 Å². The van der Waals surface area contributed by atoms with E-state index in [0.29, 0.717) is 0 Å². The zero-order valence-corrected chi connectivity index (χ0v) is 32.9. The molecular weight excluding hydrogens is 1080 g/mol. The largest absolute Gasteiger partial charge is 0.460 e. The van der Waals surface area contributed by atoms with E-state index in [2.05, 4.69) is 9.97 Å². The molecule has 0 atom stereocenters. The van der Waals surface area contributed by atoms with E-state index in [9.17, 15) is 149 Å². The van der Waals surface area contributed by atoms with Gasteiger partial charge in [0.1, 0.15) is 0 Å². The highest BCUT2D eigenvalue weighted by Gasteiger charge is 2.96. The summed E-state index contributed by atoms with van der Waals surface area (Å²) in [5.74, 6) is -115. The van der Waals surface area contributed by atoms with Gasteiger partial charge < -0.3 is 0 Å². The van der Waals surface area contributed by atoms with Crippen LogP contribution in [0.2, 0.25) is 0 Å². The zero-order chi connectivity index (χ0) is 55.6. The topological polar surface area (TPSA) is 25.8 Å². The van der Waals surface area contributed by atoms with Crippen LogP contribution in [0.1, 0.15) is 49.7 Å². The molecule has 0 spiro atoms. The molecule has 406 valence electrons. The van der Waals surface area contributed by atoms with E-state index in [1.165, 1.54) is 0 Å². The Morgan fingerprint density at radius 2 is 0.486 bits per heavy atom. The molecular formula is C34H22F34N2. The molecule has 2 aromatic heterocycles. The van der Waals surface area contributed by atoms with Gasteiger partial charge in [-0.3, -0.25) is 9.97 Å². The lowest BCUT2D eigenvalue weighted by Gasteiger charge is -2.42. The molecule has 0 unspecified atom stereocenters. The molecule has 0 amide bonds. The normalized spacial score (nSPS) is 15.7. The summed E-state index contributed by atoms with van der Waals surface area (Å²) < 4.78 is 459. The first-order valence-electron chi connectivity index (χ1n) is 18.0. The Kier molecular flexibility index (Phi) is 16.3. The standard InChI is InChI=1S/C34H22F34N2/c35-19(36,21(39,40)23(43,44)25(47,48)27(51,52)29(55,56)31(59,60)33(63,64)65)9-3-1-5-15-7-11-69-17(13-15)18-14-16(8-12-70-18)6-2-4-10-20(37,38)22(41,42)24(45,46)26(49,50)28(53,54)30(57,58)32(61,62)34(66,67)68/h7-8,11-14H,1-6,9-10H2. The van der Waals surface area contributed by atoms with Gasteiger partial charge in [0.05, 0.1) is 11.4 Å². The summed E-state index contributed by atoms with van der Waals surface area (Å²) in [6.45, 7) is 0. The second-order valence-corrected chi connectivity index (χ2v) is 14.8. The fourth-order valence-electron chi connectivity index (χ4n) is 5.60. The molecule has 36 heteroatoms. The molecule has 0 saturated heterocycles. The number of rotatable bonds is 23. The highest BCUT2D eigenvalue weighted by atomic mass is 19.4.